The van der Waals surface area contributed by atoms with E-state index in [4.69, 9.17) is 19.3 Å². The number of unbranched alkanes of at least 4 members (excludes halogenated alkanes) is 6. The lowest BCUT2D eigenvalue weighted by Gasteiger charge is -2.17. The number of methoxy groups -OCH3 is 1. The molecule has 0 saturated heterocycles. The summed E-state index contributed by atoms with van der Waals surface area (Å²) in [6.45, 7) is 3.11. The molecule has 1 aromatic carbocycles. The van der Waals surface area contributed by atoms with Crippen molar-refractivity contribution in [1.82, 2.24) is 0 Å². The molecule has 0 spiro atoms. The van der Waals surface area contributed by atoms with Crippen LogP contribution in [0, 0.1) is 0 Å². The minimum Gasteiger partial charge on any atom is -0.491 e. The van der Waals surface area contributed by atoms with Gasteiger partial charge in [-0.15, -0.1) is 0 Å². The summed E-state index contributed by atoms with van der Waals surface area (Å²) in [4.78, 5) is 10.6. The molecule has 5 nitrogen and oxygen atoms in total. The van der Waals surface area contributed by atoms with E-state index in [1.54, 1.807) is 7.11 Å². The van der Waals surface area contributed by atoms with Gasteiger partial charge in [0.2, 0.25) is 0 Å². The molecule has 1 aromatic rings. The van der Waals surface area contributed by atoms with E-state index < -0.39 is 5.97 Å². The Labute approximate surface area is 164 Å². The zero-order valence-electron chi connectivity index (χ0n) is 17.0. The van der Waals surface area contributed by atoms with Crippen molar-refractivity contribution in [1.29, 1.82) is 0 Å². The van der Waals surface area contributed by atoms with Crippen LogP contribution >= 0.6 is 0 Å². The summed E-state index contributed by atoms with van der Waals surface area (Å²) in [5.41, 5.74) is 1.34. The number of aliphatic carboxylic acids is 1. The van der Waals surface area contributed by atoms with Gasteiger partial charge >= 0.3 is 5.97 Å². The van der Waals surface area contributed by atoms with E-state index in [9.17, 15) is 4.79 Å². The van der Waals surface area contributed by atoms with E-state index >= 15 is 0 Å². The van der Waals surface area contributed by atoms with Crippen molar-refractivity contribution in [3.63, 3.8) is 0 Å². The van der Waals surface area contributed by atoms with Gasteiger partial charge in [0.1, 0.15) is 18.5 Å². The van der Waals surface area contributed by atoms with Gasteiger partial charge in [0.15, 0.2) is 0 Å². The highest BCUT2D eigenvalue weighted by atomic mass is 16.6. The van der Waals surface area contributed by atoms with Crippen LogP contribution in [0.1, 0.15) is 63.9 Å². The molecule has 0 amide bonds. The number of hydrogen-bond acceptors (Lipinski definition) is 4. The molecular weight excluding hydrogens is 344 g/mol. The van der Waals surface area contributed by atoms with Crippen LogP contribution in [0.3, 0.4) is 0 Å². The molecular formula is C22H36O5. The number of benzene rings is 1. The summed E-state index contributed by atoms with van der Waals surface area (Å²) < 4.78 is 16.4. The molecule has 1 N–H and O–H groups in total. The lowest BCUT2D eigenvalue weighted by molar-refractivity contribution is -0.139. The molecule has 0 saturated carbocycles. The molecule has 0 aliphatic heterocycles. The van der Waals surface area contributed by atoms with Crippen molar-refractivity contribution in [2.75, 3.05) is 26.9 Å². The van der Waals surface area contributed by atoms with Crippen LogP contribution in [0.25, 0.3) is 0 Å². The molecule has 154 valence electrons. The van der Waals surface area contributed by atoms with E-state index in [0.29, 0.717) is 13.2 Å². The fourth-order valence-electron chi connectivity index (χ4n) is 2.87. The Morgan fingerprint density at radius 3 is 2.30 bits per heavy atom. The zero-order chi connectivity index (χ0) is 19.7. The van der Waals surface area contributed by atoms with Crippen molar-refractivity contribution >= 4 is 5.97 Å². The number of aryl methyl sites for hydroxylation is 1. The van der Waals surface area contributed by atoms with E-state index in [-0.39, 0.29) is 19.1 Å². The summed E-state index contributed by atoms with van der Waals surface area (Å²) in [6.07, 6.45) is 10.1. The van der Waals surface area contributed by atoms with Gasteiger partial charge in [-0.1, -0.05) is 57.6 Å². The van der Waals surface area contributed by atoms with Crippen LogP contribution in [0.4, 0.5) is 0 Å². The first kappa shape index (κ1) is 23.4. The molecule has 5 heteroatoms. The van der Waals surface area contributed by atoms with Crippen molar-refractivity contribution in [2.24, 2.45) is 0 Å². The smallest absolute Gasteiger partial charge is 0.305 e. The number of carboxylic acids is 1. The Morgan fingerprint density at radius 2 is 1.67 bits per heavy atom. The van der Waals surface area contributed by atoms with Crippen LogP contribution in [0.2, 0.25) is 0 Å². The largest absolute Gasteiger partial charge is 0.491 e. The van der Waals surface area contributed by atoms with Crippen LogP contribution in [-0.4, -0.2) is 44.1 Å². The summed E-state index contributed by atoms with van der Waals surface area (Å²) in [6, 6.07) is 8.20. The van der Waals surface area contributed by atoms with Crippen molar-refractivity contribution in [3.8, 4) is 5.75 Å². The fraction of sp³-hybridized carbons (Fsp3) is 0.682. The van der Waals surface area contributed by atoms with Gasteiger partial charge < -0.3 is 19.3 Å². The van der Waals surface area contributed by atoms with Crippen molar-refractivity contribution in [2.45, 2.75) is 70.8 Å². The molecule has 0 radical (unpaired) electrons. The highest BCUT2D eigenvalue weighted by molar-refractivity contribution is 5.66. The second-order valence-electron chi connectivity index (χ2n) is 6.92. The molecule has 0 fully saturated rings. The topological polar surface area (TPSA) is 65.0 Å². The average Bonchev–Trinajstić information content (AvgIpc) is 2.66. The Kier molecular flexibility index (Phi) is 13.4. The molecule has 27 heavy (non-hydrogen) atoms. The number of rotatable bonds is 17. The van der Waals surface area contributed by atoms with Crippen LogP contribution < -0.4 is 4.74 Å². The summed E-state index contributed by atoms with van der Waals surface area (Å²) >= 11 is 0. The Balaban J connectivity index is 2.24. The summed E-state index contributed by atoms with van der Waals surface area (Å²) in [7, 11) is 1.59. The minimum atomic E-state index is -0.872. The molecule has 0 aliphatic rings. The Bertz CT molecular complexity index is 486. The highest BCUT2D eigenvalue weighted by Crippen LogP contribution is 2.16. The predicted octanol–water partition coefficient (Wildman–Crippen LogP) is 4.86. The van der Waals surface area contributed by atoms with E-state index in [2.05, 4.69) is 19.1 Å². The molecule has 1 rings (SSSR count). The van der Waals surface area contributed by atoms with E-state index in [1.807, 2.05) is 12.1 Å². The molecule has 0 heterocycles. The lowest BCUT2D eigenvalue weighted by Crippen LogP contribution is -2.27. The third-order valence-corrected chi connectivity index (χ3v) is 4.45. The van der Waals surface area contributed by atoms with Gasteiger partial charge in [0.05, 0.1) is 19.6 Å². The second kappa shape index (κ2) is 15.5. The van der Waals surface area contributed by atoms with Crippen LogP contribution in [0.15, 0.2) is 24.3 Å². The predicted molar refractivity (Wildman–Crippen MR) is 108 cm³/mol. The standard InChI is InChI=1S/C22H36O5/c1-3-4-5-6-7-8-9-10-19-11-13-20(14-12-19)27-18-21(17-25-2)26-16-15-22(23)24/h11-14,21H,3-10,15-18H2,1-2H3,(H,23,24). The minimum absolute atomic E-state index is 0.0203. The lowest BCUT2D eigenvalue weighted by atomic mass is 10.0. The van der Waals surface area contributed by atoms with Gasteiger partial charge in [-0.2, -0.15) is 0 Å². The number of hydrogen-bond donors (Lipinski definition) is 1. The Hall–Kier alpha value is -1.59. The van der Waals surface area contributed by atoms with Gasteiger partial charge in [0, 0.05) is 7.11 Å². The van der Waals surface area contributed by atoms with Crippen molar-refractivity contribution in [3.05, 3.63) is 29.8 Å². The summed E-state index contributed by atoms with van der Waals surface area (Å²) in [5.74, 6) is -0.0788. The zero-order valence-corrected chi connectivity index (χ0v) is 17.0. The highest BCUT2D eigenvalue weighted by Gasteiger charge is 2.11. The molecule has 0 bridgehead atoms. The Morgan fingerprint density at radius 1 is 1.00 bits per heavy atom. The normalized spacial score (nSPS) is 12.1. The third-order valence-electron chi connectivity index (χ3n) is 4.45. The maximum atomic E-state index is 10.6. The third kappa shape index (κ3) is 12.4. The maximum Gasteiger partial charge on any atom is 0.305 e. The average molecular weight is 381 g/mol. The fourth-order valence-corrected chi connectivity index (χ4v) is 2.87. The van der Waals surface area contributed by atoms with Crippen molar-refractivity contribution < 1.29 is 24.1 Å². The van der Waals surface area contributed by atoms with Gasteiger partial charge in [-0.05, 0) is 30.5 Å². The molecule has 1 unspecified atom stereocenters. The SMILES string of the molecule is CCCCCCCCCc1ccc(OCC(COC)OCCC(=O)O)cc1. The quantitative estimate of drug-likeness (QED) is 0.391. The monoisotopic (exact) mass is 380 g/mol. The maximum absolute atomic E-state index is 10.6. The first-order valence-electron chi connectivity index (χ1n) is 10.2. The first-order valence-corrected chi connectivity index (χ1v) is 10.2. The summed E-state index contributed by atoms with van der Waals surface area (Å²) in [5, 5.41) is 8.67. The first-order chi connectivity index (χ1) is 13.2. The molecule has 0 aliphatic carbocycles. The second-order valence-corrected chi connectivity index (χ2v) is 6.92. The number of carboxylic acid groups (broad SMARTS) is 1. The van der Waals surface area contributed by atoms with Gasteiger partial charge in [-0.25, -0.2) is 0 Å². The molecule has 0 aromatic heterocycles. The van der Waals surface area contributed by atoms with E-state index in [1.165, 1.54) is 50.5 Å². The number of ether oxygens (including phenoxy) is 3. The van der Waals surface area contributed by atoms with E-state index in [0.717, 1.165) is 12.2 Å². The van der Waals surface area contributed by atoms with Crippen LogP contribution in [0.5, 0.6) is 5.75 Å². The van der Waals surface area contributed by atoms with Crippen LogP contribution in [-0.2, 0) is 20.7 Å². The van der Waals surface area contributed by atoms with Gasteiger partial charge in [0.25, 0.3) is 0 Å². The molecule has 1 atom stereocenters. The van der Waals surface area contributed by atoms with Gasteiger partial charge in [-0.3, -0.25) is 4.79 Å². The number of carbonyl (C=O) groups is 1.